The summed E-state index contributed by atoms with van der Waals surface area (Å²) in [4.78, 5) is 13.8. The topological polar surface area (TPSA) is 55.6 Å². The highest BCUT2D eigenvalue weighted by molar-refractivity contribution is 5.95. The molecule has 2 aromatic rings. The fourth-order valence-electron chi connectivity index (χ4n) is 2.14. The number of nitrogens with zero attached hydrogens (tertiary/aromatic N) is 1. The zero-order valence-electron chi connectivity index (χ0n) is 12.4. The average molecular weight is 284 g/mol. The van der Waals surface area contributed by atoms with Crippen molar-refractivity contribution in [1.29, 1.82) is 0 Å². The first-order valence-electron chi connectivity index (χ1n) is 6.86. The highest BCUT2D eigenvalue weighted by Gasteiger charge is 2.12. The Morgan fingerprint density at radius 2 is 1.81 bits per heavy atom. The van der Waals surface area contributed by atoms with E-state index in [1.54, 1.807) is 25.1 Å². The van der Waals surface area contributed by atoms with Crippen molar-refractivity contribution in [3.63, 3.8) is 0 Å². The van der Waals surface area contributed by atoms with E-state index in [9.17, 15) is 4.79 Å². The van der Waals surface area contributed by atoms with Crippen LogP contribution in [0, 0.1) is 0 Å². The van der Waals surface area contributed by atoms with Crippen LogP contribution in [0.25, 0.3) is 0 Å². The summed E-state index contributed by atoms with van der Waals surface area (Å²) >= 11 is 0. The van der Waals surface area contributed by atoms with Gasteiger partial charge in [0.1, 0.15) is 5.75 Å². The van der Waals surface area contributed by atoms with Crippen LogP contribution >= 0.6 is 0 Å². The van der Waals surface area contributed by atoms with Crippen LogP contribution < -0.4 is 15.4 Å². The molecule has 0 aromatic heterocycles. The molecule has 4 heteroatoms. The minimum Gasteiger partial charge on any atom is -0.497 e. The summed E-state index contributed by atoms with van der Waals surface area (Å²) < 4.78 is 5.11. The van der Waals surface area contributed by atoms with E-state index in [0.29, 0.717) is 18.5 Å². The van der Waals surface area contributed by atoms with Crippen molar-refractivity contribution in [2.75, 3.05) is 24.8 Å². The molecule has 0 heterocycles. The van der Waals surface area contributed by atoms with Gasteiger partial charge in [-0.3, -0.25) is 4.79 Å². The molecule has 110 valence electrons. The third-order valence-electron chi connectivity index (χ3n) is 3.46. The molecule has 1 amide bonds. The van der Waals surface area contributed by atoms with E-state index in [-0.39, 0.29) is 5.91 Å². The molecule has 0 saturated heterocycles. The van der Waals surface area contributed by atoms with E-state index >= 15 is 0 Å². The Kier molecular flexibility index (Phi) is 4.82. The van der Waals surface area contributed by atoms with E-state index in [1.807, 2.05) is 42.5 Å². The highest BCUT2D eigenvalue weighted by Crippen LogP contribution is 2.22. The first-order valence-corrected chi connectivity index (χ1v) is 6.86. The van der Waals surface area contributed by atoms with E-state index in [4.69, 9.17) is 10.5 Å². The molecule has 0 radical (unpaired) electrons. The van der Waals surface area contributed by atoms with Crippen molar-refractivity contribution in [3.05, 3.63) is 54.1 Å². The maximum absolute atomic E-state index is 12.2. The first kappa shape index (κ1) is 14.9. The number of anilines is 2. The summed E-state index contributed by atoms with van der Waals surface area (Å²) in [7, 11) is 3.39. The third kappa shape index (κ3) is 3.75. The molecule has 0 fully saturated rings. The molecule has 0 aliphatic carbocycles. The standard InChI is InChI=1S/C17H20N2O2/c1-19(16-6-4-3-5-15(16)18)17(20)12-9-13-7-10-14(21-2)11-8-13/h3-8,10-11H,9,12,18H2,1-2H3. The van der Waals surface area contributed by atoms with Gasteiger partial charge in [0.05, 0.1) is 18.5 Å². The predicted molar refractivity (Wildman–Crippen MR) is 85.6 cm³/mol. The monoisotopic (exact) mass is 284 g/mol. The molecule has 21 heavy (non-hydrogen) atoms. The van der Waals surface area contributed by atoms with Gasteiger partial charge in [0.25, 0.3) is 0 Å². The lowest BCUT2D eigenvalue weighted by atomic mass is 10.1. The molecule has 2 N–H and O–H groups in total. The van der Waals surface area contributed by atoms with Gasteiger partial charge in [-0.1, -0.05) is 24.3 Å². The molecule has 4 nitrogen and oxygen atoms in total. The summed E-state index contributed by atoms with van der Waals surface area (Å²) in [6.45, 7) is 0. The second-order valence-corrected chi connectivity index (χ2v) is 4.86. The van der Waals surface area contributed by atoms with Gasteiger partial charge in [0, 0.05) is 13.5 Å². The number of para-hydroxylation sites is 2. The summed E-state index contributed by atoms with van der Waals surface area (Å²) in [6.07, 6.45) is 1.14. The van der Waals surface area contributed by atoms with Gasteiger partial charge in [-0.25, -0.2) is 0 Å². The van der Waals surface area contributed by atoms with Crippen LogP contribution in [0.5, 0.6) is 5.75 Å². The normalized spacial score (nSPS) is 10.2. The van der Waals surface area contributed by atoms with Crippen LogP contribution in [0.2, 0.25) is 0 Å². The van der Waals surface area contributed by atoms with Gasteiger partial charge >= 0.3 is 0 Å². The minimum absolute atomic E-state index is 0.0451. The Hall–Kier alpha value is -2.49. The Balaban J connectivity index is 1.96. The fraction of sp³-hybridized carbons (Fsp3) is 0.235. The number of rotatable bonds is 5. The second-order valence-electron chi connectivity index (χ2n) is 4.86. The molecule has 2 rings (SSSR count). The molecule has 0 spiro atoms. The number of ether oxygens (including phenoxy) is 1. The number of hydrogen-bond donors (Lipinski definition) is 1. The minimum atomic E-state index is 0.0451. The molecule has 0 unspecified atom stereocenters. The van der Waals surface area contributed by atoms with Crippen molar-refractivity contribution in [2.45, 2.75) is 12.8 Å². The van der Waals surface area contributed by atoms with Crippen molar-refractivity contribution < 1.29 is 9.53 Å². The van der Waals surface area contributed by atoms with Gasteiger partial charge in [0.2, 0.25) is 5.91 Å². The SMILES string of the molecule is COc1ccc(CCC(=O)N(C)c2ccccc2N)cc1. The number of carbonyl (C=O) groups excluding carboxylic acids is 1. The lowest BCUT2D eigenvalue weighted by molar-refractivity contribution is -0.118. The number of carbonyl (C=O) groups is 1. The lowest BCUT2D eigenvalue weighted by Crippen LogP contribution is -2.27. The van der Waals surface area contributed by atoms with Gasteiger partial charge in [0.15, 0.2) is 0 Å². The quantitative estimate of drug-likeness (QED) is 0.859. The Bertz CT molecular complexity index is 608. The summed E-state index contributed by atoms with van der Waals surface area (Å²) in [5.41, 5.74) is 8.36. The van der Waals surface area contributed by atoms with Crippen LogP contribution in [0.3, 0.4) is 0 Å². The van der Waals surface area contributed by atoms with Crippen molar-refractivity contribution in [3.8, 4) is 5.75 Å². The molecule has 0 aliphatic rings. The Morgan fingerprint density at radius 1 is 1.14 bits per heavy atom. The smallest absolute Gasteiger partial charge is 0.227 e. The molecular formula is C17H20N2O2. The molecule has 0 atom stereocenters. The van der Waals surface area contributed by atoms with Crippen LogP contribution in [-0.2, 0) is 11.2 Å². The second kappa shape index (κ2) is 6.79. The predicted octanol–water partition coefficient (Wildman–Crippen LogP) is 2.87. The molecule has 0 aliphatic heterocycles. The number of benzene rings is 2. The average Bonchev–Trinajstić information content (AvgIpc) is 2.53. The summed E-state index contributed by atoms with van der Waals surface area (Å²) in [5.74, 6) is 0.864. The molecular weight excluding hydrogens is 264 g/mol. The molecule has 0 bridgehead atoms. The van der Waals surface area contributed by atoms with Crippen LogP contribution in [0.15, 0.2) is 48.5 Å². The van der Waals surface area contributed by atoms with Crippen LogP contribution in [0.1, 0.15) is 12.0 Å². The maximum atomic E-state index is 12.2. The summed E-state index contributed by atoms with van der Waals surface area (Å²) in [5, 5.41) is 0. The van der Waals surface area contributed by atoms with Crippen LogP contribution in [0.4, 0.5) is 11.4 Å². The largest absolute Gasteiger partial charge is 0.497 e. The lowest BCUT2D eigenvalue weighted by Gasteiger charge is -2.19. The van der Waals surface area contributed by atoms with Crippen molar-refractivity contribution in [2.24, 2.45) is 0 Å². The zero-order chi connectivity index (χ0) is 15.2. The van der Waals surface area contributed by atoms with Gasteiger partial charge in [-0.05, 0) is 36.2 Å². The summed E-state index contributed by atoms with van der Waals surface area (Å²) in [6, 6.07) is 15.1. The van der Waals surface area contributed by atoms with E-state index in [1.165, 1.54) is 0 Å². The van der Waals surface area contributed by atoms with Crippen LogP contribution in [-0.4, -0.2) is 20.1 Å². The Morgan fingerprint density at radius 3 is 2.43 bits per heavy atom. The van der Waals surface area contributed by atoms with E-state index in [0.717, 1.165) is 17.0 Å². The van der Waals surface area contributed by atoms with Crippen molar-refractivity contribution >= 4 is 17.3 Å². The van der Waals surface area contributed by atoms with Gasteiger partial charge in [-0.15, -0.1) is 0 Å². The highest BCUT2D eigenvalue weighted by atomic mass is 16.5. The maximum Gasteiger partial charge on any atom is 0.227 e. The van der Waals surface area contributed by atoms with Crippen molar-refractivity contribution in [1.82, 2.24) is 0 Å². The number of methoxy groups -OCH3 is 1. The first-order chi connectivity index (χ1) is 10.1. The number of nitrogen functional groups attached to an aromatic ring is 1. The number of aryl methyl sites for hydroxylation is 1. The number of hydrogen-bond acceptors (Lipinski definition) is 3. The van der Waals surface area contributed by atoms with E-state index < -0.39 is 0 Å². The van der Waals surface area contributed by atoms with E-state index in [2.05, 4.69) is 0 Å². The van der Waals surface area contributed by atoms with Gasteiger partial charge in [-0.2, -0.15) is 0 Å². The van der Waals surface area contributed by atoms with Gasteiger partial charge < -0.3 is 15.4 Å². The number of nitrogens with two attached hydrogens (primary N) is 1. The zero-order valence-corrected chi connectivity index (χ0v) is 12.4. The third-order valence-corrected chi connectivity index (χ3v) is 3.46. The molecule has 2 aromatic carbocycles. The fourth-order valence-corrected chi connectivity index (χ4v) is 2.14. The number of amides is 1. The molecule has 0 saturated carbocycles. The Labute approximate surface area is 125 Å².